The summed E-state index contributed by atoms with van der Waals surface area (Å²) in [4.78, 5) is 14.7. The highest BCUT2D eigenvalue weighted by Crippen LogP contribution is 2.42. The summed E-state index contributed by atoms with van der Waals surface area (Å²) in [6.45, 7) is 0. The molecule has 3 aromatic heterocycles. The topological polar surface area (TPSA) is 56.7 Å². The van der Waals surface area contributed by atoms with Crippen LogP contribution in [0, 0.1) is 0 Å². The third kappa shape index (κ3) is 5.29. The van der Waals surface area contributed by atoms with Crippen LogP contribution in [0.5, 0.6) is 0 Å². The lowest BCUT2D eigenvalue weighted by molar-refractivity contribution is 0.669. The number of para-hydroxylation sites is 3. The minimum atomic E-state index is 0.630. The number of fused-ring (bicyclic) bond motifs is 6. The summed E-state index contributed by atoms with van der Waals surface area (Å²) in [5.74, 6) is 1.92. The highest BCUT2D eigenvalue weighted by atomic mass is 16.3. The lowest BCUT2D eigenvalue weighted by atomic mass is 9.96. The van der Waals surface area contributed by atoms with Gasteiger partial charge >= 0.3 is 0 Å². The van der Waals surface area contributed by atoms with Gasteiger partial charge in [0.25, 0.3) is 0 Å². The van der Waals surface area contributed by atoms with Gasteiger partial charge in [-0.05, 0) is 53.1 Å². The predicted molar refractivity (Wildman–Crippen MR) is 229 cm³/mol. The summed E-state index contributed by atoms with van der Waals surface area (Å²) in [6, 6.07) is 67.4. The summed E-state index contributed by atoms with van der Waals surface area (Å²) in [7, 11) is 0. The van der Waals surface area contributed by atoms with E-state index in [1.54, 1.807) is 0 Å². The zero-order valence-corrected chi connectivity index (χ0v) is 30.2. The molecule has 0 bridgehead atoms. The molecule has 0 aliphatic rings. The lowest BCUT2D eigenvalue weighted by Gasteiger charge is -2.14. The van der Waals surface area contributed by atoms with Crippen molar-refractivity contribution in [1.29, 1.82) is 0 Å². The van der Waals surface area contributed by atoms with Crippen molar-refractivity contribution in [2.45, 2.75) is 0 Å². The number of nitrogens with zero attached hydrogens (tertiary/aromatic N) is 4. The van der Waals surface area contributed by atoms with Crippen LogP contribution in [0.3, 0.4) is 0 Å². The molecule has 0 radical (unpaired) electrons. The molecular formula is C51H32N4O. The molecule has 0 spiro atoms. The van der Waals surface area contributed by atoms with Crippen LogP contribution in [0.1, 0.15) is 0 Å². The molecule has 5 heteroatoms. The molecule has 0 atom stereocenters. The van der Waals surface area contributed by atoms with Gasteiger partial charge in [-0.1, -0.05) is 158 Å². The molecule has 11 aromatic rings. The first-order chi connectivity index (χ1) is 27.8. The van der Waals surface area contributed by atoms with Crippen molar-refractivity contribution in [1.82, 2.24) is 19.5 Å². The van der Waals surface area contributed by atoms with Gasteiger partial charge in [0.2, 0.25) is 0 Å². The first-order valence-corrected chi connectivity index (χ1v) is 18.8. The van der Waals surface area contributed by atoms with E-state index in [0.717, 1.165) is 66.6 Å². The van der Waals surface area contributed by atoms with Crippen molar-refractivity contribution < 1.29 is 4.42 Å². The number of furan rings is 1. The van der Waals surface area contributed by atoms with E-state index < -0.39 is 0 Å². The second kappa shape index (κ2) is 13.0. The second-order valence-electron chi connectivity index (χ2n) is 14.0. The Morgan fingerprint density at radius 3 is 1.48 bits per heavy atom. The van der Waals surface area contributed by atoms with E-state index in [2.05, 4.69) is 138 Å². The Kier molecular flexibility index (Phi) is 7.42. The Hall–Kier alpha value is -7.63. The number of rotatable bonds is 6. The Morgan fingerprint density at radius 1 is 0.339 bits per heavy atom. The molecule has 5 nitrogen and oxygen atoms in total. The highest BCUT2D eigenvalue weighted by Gasteiger charge is 2.19. The van der Waals surface area contributed by atoms with Crippen molar-refractivity contribution in [2.24, 2.45) is 0 Å². The van der Waals surface area contributed by atoms with E-state index in [1.807, 2.05) is 60.7 Å². The fourth-order valence-corrected chi connectivity index (χ4v) is 8.06. The molecular weight excluding hydrogens is 685 g/mol. The minimum Gasteiger partial charge on any atom is -0.456 e. The van der Waals surface area contributed by atoms with Crippen LogP contribution in [-0.4, -0.2) is 19.5 Å². The Labute approximate surface area is 322 Å². The van der Waals surface area contributed by atoms with Gasteiger partial charge in [0.05, 0.1) is 16.7 Å². The SMILES string of the molecule is c1ccc(-c2nc(-c3ccccc3)nc(-c3ccc(-c4ccc5c(c4)oc4cccc(-c6ccccc6-n6c7ccccc7c7ccccc76)c45)cc3)n2)cc1. The molecule has 0 aliphatic carbocycles. The fourth-order valence-electron chi connectivity index (χ4n) is 8.06. The zero-order valence-electron chi connectivity index (χ0n) is 30.2. The van der Waals surface area contributed by atoms with Gasteiger partial charge in [-0.2, -0.15) is 0 Å². The summed E-state index contributed by atoms with van der Waals surface area (Å²) in [5.41, 5.74) is 12.5. The molecule has 0 fully saturated rings. The first kappa shape index (κ1) is 31.9. The molecule has 56 heavy (non-hydrogen) atoms. The third-order valence-corrected chi connectivity index (χ3v) is 10.7. The summed E-state index contributed by atoms with van der Waals surface area (Å²) >= 11 is 0. The normalized spacial score (nSPS) is 11.6. The molecule has 8 aromatic carbocycles. The van der Waals surface area contributed by atoms with E-state index in [4.69, 9.17) is 19.4 Å². The molecule has 0 N–H and O–H groups in total. The van der Waals surface area contributed by atoms with Crippen LogP contribution >= 0.6 is 0 Å². The molecule has 11 rings (SSSR count). The Bertz CT molecular complexity index is 3130. The zero-order chi connectivity index (χ0) is 37.0. The van der Waals surface area contributed by atoms with Crippen LogP contribution in [0.15, 0.2) is 199 Å². The first-order valence-electron chi connectivity index (χ1n) is 18.8. The van der Waals surface area contributed by atoms with Crippen LogP contribution < -0.4 is 0 Å². The number of hydrogen-bond donors (Lipinski definition) is 0. The molecule has 0 aliphatic heterocycles. The largest absolute Gasteiger partial charge is 0.456 e. The average molecular weight is 717 g/mol. The smallest absolute Gasteiger partial charge is 0.164 e. The molecule has 0 saturated heterocycles. The van der Waals surface area contributed by atoms with Crippen LogP contribution in [0.4, 0.5) is 0 Å². The summed E-state index contributed by atoms with van der Waals surface area (Å²) < 4.78 is 9.01. The van der Waals surface area contributed by atoms with Crippen LogP contribution in [-0.2, 0) is 0 Å². The highest BCUT2D eigenvalue weighted by molar-refractivity contribution is 6.15. The van der Waals surface area contributed by atoms with Crippen molar-refractivity contribution >= 4 is 43.7 Å². The quantitative estimate of drug-likeness (QED) is 0.172. The van der Waals surface area contributed by atoms with Gasteiger partial charge in [-0.15, -0.1) is 0 Å². The monoisotopic (exact) mass is 716 g/mol. The lowest BCUT2D eigenvalue weighted by Crippen LogP contribution is -2.00. The van der Waals surface area contributed by atoms with Crippen molar-refractivity contribution in [3.63, 3.8) is 0 Å². The van der Waals surface area contributed by atoms with Crippen molar-refractivity contribution in [2.75, 3.05) is 0 Å². The van der Waals surface area contributed by atoms with E-state index in [-0.39, 0.29) is 0 Å². The van der Waals surface area contributed by atoms with Gasteiger partial charge < -0.3 is 8.98 Å². The minimum absolute atomic E-state index is 0.630. The van der Waals surface area contributed by atoms with Crippen molar-refractivity contribution in [3.8, 4) is 62.1 Å². The number of aromatic nitrogens is 4. The van der Waals surface area contributed by atoms with E-state index in [0.29, 0.717) is 17.5 Å². The van der Waals surface area contributed by atoms with Gasteiger partial charge in [0.1, 0.15) is 11.2 Å². The van der Waals surface area contributed by atoms with Crippen molar-refractivity contribution in [3.05, 3.63) is 194 Å². The predicted octanol–water partition coefficient (Wildman–Crippen LogP) is 13.2. The van der Waals surface area contributed by atoms with Gasteiger partial charge in [-0.25, -0.2) is 15.0 Å². The maximum atomic E-state index is 6.62. The summed E-state index contributed by atoms with van der Waals surface area (Å²) in [5, 5.41) is 4.68. The van der Waals surface area contributed by atoms with E-state index in [9.17, 15) is 0 Å². The second-order valence-corrected chi connectivity index (χ2v) is 14.0. The molecule has 262 valence electrons. The maximum Gasteiger partial charge on any atom is 0.164 e. The number of benzene rings is 8. The Morgan fingerprint density at radius 2 is 0.839 bits per heavy atom. The van der Waals surface area contributed by atoms with Crippen LogP contribution in [0.2, 0.25) is 0 Å². The molecule has 0 amide bonds. The number of hydrogen-bond acceptors (Lipinski definition) is 4. The standard InChI is InChI=1S/C51H32N4O/c1-3-14-34(15-4-1)49-52-50(35-16-5-2-6-17-35)54-51(53-49)36-28-26-33(27-29-36)37-30-31-42-47(32-37)56-46-25-13-21-41(48(42)46)40-20-9-12-24-45(40)55-43-22-10-7-18-38(43)39-19-8-11-23-44(39)55/h1-32H. The average Bonchev–Trinajstić information content (AvgIpc) is 3.82. The maximum absolute atomic E-state index is 6.62. The van der Waals surface area contributed by atoms with Crippen LogP contribution in [0.25, 0.3) is 106 Å². The molecule has 3 heterocycles. The summed E-state index contributed by atoms with van der Waals surface area (Å²) in [6.07, 6.45) is 0. The molecule has 0 saturated carbocycles. The van der Waals surface area contributed by atoms with Gasteiger partial charge in [0, 0.05) is 43.8 Å². The molecule has 0 unspecified atom stereocenters. The van der Waals surface area contributed by atoms with E-state index >= 15 is 0 Å². The van der Waals surface area contributed by atoms with E-state index in [1.165, 1.54) is 21.8 Å². The Balaban J connectivity index is 0.989. The third-order valence-electron chi connectivity index (χ3n) is 10.7. The fraction of sp³-hybridized carbons (Fsp3) is 0. The van der Waals surface area contributed by atoms with Gasteiger partial charge in [-0.3, -0.25) is 0 Å². The van der Waals surface area contributed by atoms with Gasteiger partial charge in [0.15, 0.2) is 17.5 Å².